The van der Waals surface area contributed by atoms with Crippen LogP contribution in [0.3, 0.4) is 0 Å². The summed E-state index contributed by atoms with van der Waals surface area (Å²) in [7, 11) is 0. The summed E-state index contributed by atoms with van der Waals surface area (Å²) in [6.07, 6.45) is -4.37. The van der Waals surface area contributed by atoms with Gasteiger partial charge in [0.05, 0.1) is 33.5 Å². The zero-order chi connectivity index (χ0) is 19.9. The van der Waals surface area contributed by atoms with E-state index in [4.69, 9.17) is 4.74 Å². The number of fused-ring (bicyclic) bond motifs is 1. The lowest BCUT2D eigenvalue weighted by atomic mass is 10.1. The normalized spacial score (nSPS) is 15.4. The number of halogens is 4. The predicted molar refractivity (Wildman–Crippen MR) is 105 cm³/mol. The van der Waals surface area contributed by atoms with Gasteiger partial charge in [-0.05, 0) is 39.7 Å². The first-order valence-electron chi connectivity index (χ1n) is 8.64. The van der Waals surface area contributed by atoms with E-state index in [0.717, 1.165) is 26.8 Å². The van der Waals surface area contributed by atoms with Gasteiger partial charge in [0.1, 0.15) is 5.69 Å². The Morgan fingerprint density at radius 1 is 1.18 bits per heavy atom. The molecule has 0 spiro atoms. The number of benzene rings is 1. The number of hydrogen-bond acceptors (Lipinski definition) is 3. The van der Waals surface area contributed by atoms with Crippen molar-refractivity contribution in [1.29, 1.82) is 0 Å². The lowest BCUT2D eigenvalue weighted by Crippen LogP contribution is -2.41. The number of amides is 1. The molecule has 1 saturated heterocycles. The Morgan fingerprint density at radius 3 is 2.50 bits per heavy atom. The van der Waals surface area contributed by atoms with Gasteiger partial charge in [-0.15, -0.1) is 11.3 Å². The molecule has 0 bridgehead atoms. The third-order valence-electron chi connectivity index (χ3n) is 4.72. The Bertz CT molecular complexity index is 1000. The van der Waals surface area contributed by atoms with Crippen molar-refractivity contribution in [3.63, 3.8) is 0 Å². The molecule has 1 aromatic carbocycles. The van der Waals surface area contributed by atoms with Crippen LogP contribution in [0.15, 0.2) is 40.2 Å². The predicted octanol–water partition coefficient (Wildman–Crippen LogP) is 5.00. The van der Waals surface area contributed by atoms with Gasteiger partial charge in [-0.3, -0.25) is 4.79 Å². The lowest BCUT2D eigenvalue weighted by molar-refractivity contribution is -0.137. The molecule has 4 nitrogen and oxygen atoms in total. The second kappa shape index (κ2) is 7.53. The number of alkyl halides is 3. The third kappa shape index (κ3) is 3.70. The number of aromatic nitrogens is 1. The first kappa shape index (κ1) is 19.5. The number of thiophene rings is 1. The molecule has 1 amide bonds. The van der Waals surface area contributed by atoms with Crippen LogP contribution in [0.25, 0.3) is 10.2 Å². The highest BCUT2D eigenvalue weighted by Crippen LogP contribution is 2.35. The Hall–Kier alpha value is -1.84. The zero-order valence-corrected chi connectivity index (χ0v) is 17.0. The maximum atomic E-state index is 13.1. The molecule has 0 saturated carbocycles. The minimum Gasteiger partial charge on any atom is -0.378 e. The van der Waals surface area contributed by atoms with Crippen molar-refractivity contribution >= 4 is 43.4 Å². The van der Waals surface area contributed by atoms with Gasteiger partial charge in [0.15, 0.2) is 0 Å². The molecule has 1 fully saturated rings. The lowest BCUT2D eigenvalue weighted by Gasteiger charge is -2.27. The van der Waals surface area contributed by atoms with Gasteiger partial charge in [-0.2, -0.15) is 13.2 Å². The van der Waals surface area contributed by atoms with E-state index < -0.39 is 11.7 Å². The van der Waals surface area contributed by atoms with E-state index in [-0.39, 0.29) is 5.91 Å². The van der Waals surface area contributed by atoms with Crippen LogP contribution in [0.5, 0.6) is 0 Å². The molecular weight excluding hydrogens is 457 g/mol. The highest BCUT2D eigenvalue weighted by molar-refractivity contribution is 9.10. The molecule has 2 aromatic heterocycles. The SMILES string of the molecule is O=C(c1cc2scc(Br)c2n1Cc1ccc(C(F)(F)F)cc1)N1CCOCC1. The molecule has 0 radical (unpaired) electrons. The minimum atomic E-state index is -4.37. The fourth-order valence-corrected chi connectivity index (χ4v) is 4.98. The number of nitrogens with zero attached hydrogens (tertiary/aromatic N) is 2. The first-order chi connectivity index (χ1) is 13.3. The molecule has 28 heavy (non-hydrogen) atoms. The monoisotopic (exact) mass is 472 g/mol. The Labute approximate surface area is 171 Å². The van der Waals surface area contributed by atoms with Gasteiger partial charge in [0, 0.05) is 25.0 Å². The number of morpholine rings is 1. The van der Waals surface area contributed by atoms with Crippen LogP contribution in [-0.4, -0.2) is 41.7 Å². The quantitative estimate of drug-likeness (QED) is 0.537. The minimum absolute atomic E-state index is 0.0921. The standard InChI is InChI=1S/C19H16BrF3N2O2S/c20-14-11-28-16-9-15(18(26)24-5-7-27-8-6-24)25(17(14)16)10-12-1-3-13(4-2-12)19(21,22)23/h1-4,9,11H,5-8,10H2. The zero-order valence-electron chi connectivity index (χ0n) is 14.6. The number of carbonyl (C=O) groups is 1. The summed E-state index contributed by atoms with van der Waals surface area (Å²) >= 11 is 5.04. The molecule has 9 heteroatoms. The van der Waals surface area contributed by atoms with Gasteiger partial charge >= 0.3 is 6.18 Å². The molecule has 0 unspecified atom stereocenters. The van der Waals surface area contributed by atoms with Crippen LogP contribution >= 0.6 is 27.3 Å². The smallest absolute Gasteiger partial charge is 0.378 e. The van der Waals surface area contributed by atoms with Crippen LogP contribution in [0.4, 0.5) is 13.2 Å². The maximum absolute atomic E-state index is 13.1. The molecule has 3 aromatic rings. The van der Waals surface area contributed by atoms with Crippen molar-refractivity contribution in [1.82, 2.24) is 9.47 Å². The molecule has 0 atom stereocenters. The van der Waals surface area contributed by atoms with E-state index in [1.807, 2.05) is 16.0 Å². The largest absolute Gasteiger partial charge is 0.416 e. The van der Waals surface area contributed by atoms with Crippen LogP contribution in [0.2, 0.25) is 0 Å². The molecule has 0 N–H and O–H groups in total. The maximum Gasteiger partial charge on any atom is 0.416 e. The second-order valence-electron chi connectivity index (χ2n) is 6.51. The average molecular weight is 473 g/mol. The van der Waals surface area contributed by atoms with Crippen molar-refractivity contribution in [3.05, 3.63) is 57.0 Å². The average Bonchev–Trinajstić information content (AvgIpc) is 3.22. The van der Waals surface area contributed by atoms with Crippen molar-refractivity contribution in [3.8, 4) is 0 Å². The fourth-order valence-electron chi connectivity index (χ4n) is 3.28. The molecule has 0 aliphatic carbocycles. The highest BCUT2D eigenvalue weighted by atomic mass is 79.9. The number of ether oxygens (including phenoxy) is 1. The van der Waals surface area contributed by atoms with Crippen LogP contribution < -0.4 is 0 Å². The van der Waals surface area contributed by atoms with Crippen molar-refractivity contribution in [2.24, 2.45) is 0 Å². The van der Waals surface area contributed by atoms with E-state index in [1.165, 1.54) is 23.5 Å². The van der Waals surface area contributed by atoms with E-state index in [1.54, 1.807) is 4.90 Å². The summed E-state index contributed by atoms with van der Waals surface area (Å²) < 4.78 is 47.5. The van der Waals surface area contributed by atoms with Gasteiger partial charge in [0.25, 0.3) is 5.91 Å². The van der Waals surface area contributed by atoms with Crippen molar-refractivity contribution in [2.45, 2.75) is 12.7 Å². The Kier molecular flexibility index (Phi) is 5.24. The molecular formula is C19H16BrF3N2O2S. The molecule has 3 heterocycles. The van der Waals surface area contributed by atoms with E-state index >= 15 is 0 Å². The van der Waals surface area contributed by atoms with Crippen LogP contribution in [-0.2, 0) is 17.5 Å². The number of carbonyl (C=O) groups excluding carboxylic acids is 1. The Morgan fingerprint density at radius 2 is 1.86 bits per heavy atom. The van der Waals surface area contributed by atoms with Crippen LogP contribution in [0, 0.1) is 0 Å². The molecule has 1 aliphatic rings. The summed E-state index contributed by atoms with van der Waals surface area (Å²) in [6.45, 7) is 2.37. The number of hydrogen-bond donors (Lipinski definition) is 0. The van der Waals surface area contributed by atoms with Gasteiger partial charge in [-0.25, -0.2) is 0 Å². The summed E-state index contributed by atoms with van der Waals surface area (Å²) in [5.74, 6) is -0.0921. The van der Waals surface area contributed by atoms with E-state index in [0.29, 0.717) is 44.1 Å². The molecule has 4 rings (SSSR count). The first-order valence-corrected chi connectivity index (χ1v) is 10.3. The third-order valence-corrected chi connectivity index (χ3v) is 6.54. The van der Waals surface area contributed by atoms with E-state index in [2.05, 4.69) is 15.9 Å². The number of rotatable bonds is 3. The summed E-state index contributed by atoms with van der Waals surface area (Å²) in [4.78, 5) is 14.8. The van der Waals surface area contributed by atoms with Gasteiger partial charge in [0.2, 0.25) is 0 Å². The highest BCUT2D eigenvalue weighted by Gasteiger charge is 2.30. The van der Waals surface area contributed by atoms with Gasteiger partial charge < -0.3 is 14.2 Å². The second-order valence-corrected chi connectivity index (χ2v) is 8.28. The molecule has 1 aliphatic heterocycles. The topological polar surface area (TPSA) is 34.5 Å². The van der Waals surface area contributed by atoms with Crippen molar-refractivity contribution in [2.75, 3.05) is 26.3 Å². The van der Waals surface area contributed by atoms with Gasteiger partial charge in [-0.1, -0.05) is 12.1 Å². The summed E-state index contributed by atoms with van der Waals surface area (Å²) in [6, 6.07) is 6.91. The fraction of sp³-hybridized carbons (Fsp3) is 0.316. The van der Waals surface area contributed by atoms with Crippen LogP contribution in [0.1, 0.15) is 21.6 Å². The Balaban J connectivity index is 1.70. The summed E-state index contributed by atoms with van der Waals surface area (Å²) in [5.41, 5.74) is 1.42. The summed E-state index contributed by atoms with van der Waals surface area (Å²) in [5, 5.41) is 1.94. The van der Waals surface area contributed by atoms with E-state index in [9.17, 15) is 18.0 Å². The molecule has 148 valence electrons. The van der Waals surface area contributed by atoms with Crippen molar-refractivity contribution < 1.29 is 22.7 Å².